The quantitative estimate of drug-likeness (QED) is 0.187. The number of hydrogen-bond donors (Lipinski definition) is 0. The van der Waals surface area contributed by atoms with Gasteiger partial charge in [-0.25, -0.2) is 4.74 Å². The zero-order valence-electron chi connectivity index (χ0n) is 12.0. The van der Waals surface area contributed by atoms with Crippen molar-refractivity contribution in [3.05, 3.63) is 84.0 Å². The molecule has 0 aliphatic carbocycles. The van der Waals surface area contributed by atoms with Crippen molar-refractivity contribution in [1.29, 1.82) is 0 Å². The molecule has 4 rings (SSSR count). The molecule has 0 bridgehead atoms. The number of nitrogens with zero attached hydrogens (tertiary/aromatic N) is 4. The number of furan rings is 1. The van der Waals surface area contributed by atoms with Gasteiger partial charge in [-0.3, -0.25) is 0 Å². The second kappa shape index (κ2) is 5.42. The van der Waals surface area contributed by atoms with Crippen LogP contribution in [0.5, 0.6) is 0 Å². The molecule has 0 saturated heterocycles. The molecular weight excluding hydrogens is 292 g/mol. The summed E-state index contributed by atoms with van der Waals surface area (Å²) < 4.78 is 7.73. The Morgan fingerprint density at radius 3 is 2.52 bits per heavy atom. The average Bonchev–Trinajstić information content (AvgIpc) is 3.27. The average molecular weight is 304 g/mol. The summed E-state index contributed by atoms with van der Waals surface area (Å²) in [6.45, 7) is 0. The molecule has 0 fully saturated rings. The third kappa shape index (κ3) is 2.26. The lowest BCUT2D eigenvalue weighted by Gasteiger charge is -2.12. The van der Waals surface area contributed by atoms with E-state index in [1.807, 2.05) is 30.3 Å². The summed E-state index contributed by atoms with van der Waals surface area (Å²) in [6.07, 6.45) is 1.52. The number of para-hydroxylation sites is 2. The number of fused-ring (bicyclic) bond motifs is 1. The molecule has 4 aromatic rings. The molecule has 0 amide bonds. The standard InChI is InChI=1S/C17H12N4O2/c22-21(13-7-2-1-3-8-13)17(16-11-6-12-23-16)20-15-10-5-4-9-14(15)18-19-20/h1-12H/b21-17-. The van der Waals surface area contributed by atoms with Crippen LogP contribution in [-0.2, 0) is 0 Å². The molecule has 6 nitrogen and oxygen atoms in total. The maximum atomic E-state index is 12.9. The monoisotopic (exact) mass is 304 g/mol. The van der Waals surface area contributed by atoms with E-state index in [2.05, 4.69) is 10.3 Å². The van der Waals surface area contributed by atoms with Gasteiger partial charge in [0, 0.05) is 5.21 Å². The zero-order valence-corrected chi connectivity index (χ0v) is 12.0. The predicted molar refractivity (Wildman–Crippen MR) is 85.5 cm³/mol. The highest BCUT2D eigenvalue weighted by Gasteiger charge is 2.25. The van der Waals surface area contributed by atoms with Crippen molar-refractivity contribution >= 4 is 22.6 Å². The summed E-state index contributed by atoms with van der Waals surface area (Å²) in [5.74, 6) is 0.675. The van der Waals surface area contributed by atoms with Gasteiger partial charge in [-0.05, 0) is 36.4 Å². The van der Waals surface area contributed by atoms with Gasteiger partial charge < -0.3 is 9.62 Å². The zero-order chi connectivity index (χ0) is 15.6. The Balaban J connectivity index is 2.01. The fourth-order valence-corrected chi connectivity index (χ4v) is 2.41. The largest absolute Gasteiger partial charge is 0.710 e. The Morgan fingerprint density at radius 1 is 0.957 bits per heavy atom. The first-order chi connectivity index (χ1) is 11.3. The lowest BCUT2D eigenvalue weighted by Crippen LogP contribution is -2.23. The summed E-state index contributed by atoms with van der Waals surface area (Å²) in [4.78, 5) is 0. The highest BCUT2D eigenvalue weighted by Crippen LogP contribution is 2.17. The topological polar surface area (TPSA) is 69.9 Å². The van der Waals surface area contributed by atoms with Crippen LogP contribution in [0.2, 0.25) is 0 Å². The molecule has 0 atom stereocenters. The lowest BCUT2D eigenvalue weighted by atomic mass is 10.3. The highest BCUT2D eigenvalue weighted by molar-refractivity contribution is 5.99. The van der Waals surface area contributed by atoms with Crippen molar-refractivity contribution in [3.8, 4) is 0 Å². The van der Waals surface area contributed by atoms with Crippen LogP contribution in [0.25, 0.3) is 11.0 Å². The van der Waals surface area contributed by atoms with E-state index in [4.69, 9.17) is 4.42 Å². The van der Waals surface area contributed by atoms with E-state index >= 15 is 0 Å². The van der Waals surface area contributed by atoms with Crippen LogP contribution in [-0.4, -0.2) is 25.6 Å². The summed E-state index contributed by atoms with van der Waals surface area (Å²) in [6, 6.07) is 19.8. The van der Waals surface area contributed by atoms with Crippen LogP contribution in [0.3, 0.4) is 0 Å². The molecule has 0 N–H and O–H groups in total. The Bertz CT molecular complexity index is 972. The number of aromatic nitrogens is 3. The molecule has 6 heteroatoms. The third-order valence-electron chi connectivity index (χ3n) is 3.48. The lowest BCUT2D eigenvalue weighted by molar-refractivity contribution is -0.363. The maximum absolute atomic E-state index is 12.9. The molecule has 0 aliphatic heterocycles. The fraction of sp³-hybridized carbons (Fsp3) is 0. The van der Waals surface area contributed by atoms with E-state index in [-0.39, 0.29) is 5.84 Å². The minimum atomic E-state index is 0.259. The molecule has 0 saturated carbocycles. The van der Waals surface area contributed by atoms with Gasteiger partial charge in [-0.1, -0.05) is 35.0 Å². The van der Waals surface area contributed by atoms with E-state index in [9.17, 15) is 5.21 Å². The van der Waals surface area contributed by atoms with E-state index < -0.39 is 0 Å². The summed E-state index contributed by atoms with van der Waals surface area (Å²) >= 11 is 0. The number of rotatable bonds is 2. The van der Waals surface area contributed by atoms with E-state index in [0.29, 0.717) is 17.0 Å². The van der Waals surface area contributed by atoms with Crippen LogP contribution < -0.4 is 0 Å². The molecule has 23 heavy (non-hydrogen) atoms. The molecule has 0 aliphatic rings. The molecule has 0 spiro atoms. The first-order valence-electron chi connectivity index (χ1n) is 7.08. The summed E-state index contributed by atoms with van der Waals surface area (Å²) in [5, 5.41) is 21.2. The van der Waals surface area contributed by atoms with Gasteiger partial charge >= 0.3 is 5.84 Å². The Hall–Kier alpha value is -3.41. The molecule has 0 unspecified atom stereocenters. The summed E-state index contributed by atoms with van der Waals surface area (Å²) in [7, 11) is 0. The minimum absolute atomic E-state index is 0.259. The second-order valence-corrected chi connectivity index (χ2v) is 4.92. The fourth-order valence-electron chi connectivity index (χ4n) is 2.41. The first kappa shape index (κ1) is 13.3. The van der Waals surface area contributed by atoms with Gasteiger partial charge in [-0.15, -0.1) is 5.10 Å². The Morgan fingerprint density at radius 2 is 1.74 bits per heavy atom. The molecule has 2 aromatic carbocycles. The van der Waals surface area contributed by atoms with Gasteiger partial charge in [0.15, 0.2) is 5.52 Å². The third-order valence-corrected chi connectivity index (χ3v) is 3.48. The van der Waals surface area contributed by atoms with Gasteiger partial charge in [0.1, 0.15) is 11.2 Å². The molecule has 112 valence electrons. The SMILES string of the molecule is [O-]/[N+](=C(/c1ccco1)n1nnc2ccccc21)c1ccccc1. The van der Waals surface area contributed by atoms with Crippen LogP contribution in [0, 0.1) is 5.21 Å². The van der Waals surface area contributed by atoms with E-state index in [1.54, 1.807) is 36.4 Å². The molecule has 0 radical (unpaired) electrons. The molecule has 2 aromatic heterocycles. The van der Waals surface area contributed by atoms with Crippen LogP contribution in [0.4, 0.5) is 5.69 Å². The predicted octanol–water partition coefficient (Wildman–Crippen LogP) is 3.16. The Labute approximate surface area is 131 Å². The van der Waals surface area contributed by atoms with Crippen molar-refractivity contribution in [2.45, 2.75) is 0 Å². The maximum Gasteiger partial charge on any atom is 0.356 e. The van der Waals surface area contributed by atoms with Crippen molar-refractivity contribution in [3.63, 3.8) is 0 Å². The smallest absolute Gasteiger partial charge is 0.356 e. The summed E-state index contributed by atoms with van der Waals surface area (Å²) in [5.41, 5.74) is 1.92. The van der Waals surface area contributed by atoms with E-state index in [1.165, 1.54) is 10.9 Å². The van der Waals surface area contributed by atoms with Gasteiger partial charge in [0.05, 0.1) is 6.26 Å². The number of hydrogen-bond acceptors (Lipinski definition) is 4. The minimum Gasteiger partial charge on any atom is -0.710 e. The molecular formula is C17H12N4O2. The first-order valence-corrected chi connectivity index (χ1v) is 7.08. The van der Waals surface area contributed by atoms with Crippen LogP contribution in [0.1, 0.15) is 5.76 Å². The van der Waals surface area contributed by atoms with Gasteiger partial charge in [0.25, 0.3) is 0 Å². The van der Waals surface area contributed by atoms with Gasteiger partial charge in [0.2, 0.25) is 5.76 Å². The van der Waals surface area contributed by atoms with E-state index in [0.717, 1.165) is 10.3 Å². The van der Waals surface area contributed by atoms with Crippen molar-refractivity contribution < 1.29 is 9.16 Å². The van der Waals surface area contributed by atoms with Crippen LogP contribution in [0.15, 0.2) is 77.4 Å². The van der Waals surface area contributed by atoms with Crippen molar-refractivity contribution in [2.24, 2.45) is 0 Å². The highest BCUT2D eigenvalue weighted by atomic mass is 16.5. The number of benzene rings is 2. The van der Waals surface area contributed by atoms with Crippen molar-refractivity contribution in [2.75, 3.05) is 0 Å². The van der Waals surface area contributed by atoms with Crippen LogP contribution >= 0.6 is 0 Å². The Kier molecular flexibility index (Phi) is 3.12. The van der Waals surface area contributed by atoms with Crippen molar-refractivity contribution in [1.82, 2.24) is 15.0 Å². The second-order valence-electron chi connectivity index (χ2n) is 4.92. The van der Waals surface area contributed by atoms with Gasteiger partial charge in [-0.2, -0.15) is 0 Å². The normalized spacial score (nSPS) is 12.3. The molecule has 2 heterocycles.